The van der Waals surface area contributed by atoms with Gasteiger partial charge in [0.05, 0.1) is 11.6 Å². The number of aromatic nitrogens is 1. The van der Waals surface area contributed by atoms with E-state index in [1.54, 1.807) is 6.20 Å². The third-order valence-electron chi connectivity index (χ3n) is 6.52. The predicted molar refractivity (Wildman–Crippen MR) is 131 cm³/mol. The van der Waals surface area contributed by atoms with Crippen LogP contribution in [0, 0.1) is 0 Å². The number of para-hydroxylation sites is 1. The van der Waals surface area contributed by atoms with Crippen LogP contribution in [0.15, 0.2) is 84.1 Å². The molecule has 1 N–H and O–H groups in total. The second kappa shape index (κ2) is 9.73. The van der Waals surface area contributed by atoms with E-state index in [2.05, 4.69) is 27.1 Å². The van der Waals surface area contributed by atoms with Crippen LogP contribution in [0.5, 0.6) is 11.5 Å². The fraction of sp³-hybridized carbons (Fsp3) is 0.333. The van der Waals surface area contributed by atoms with Crippen LogP contribution in [0.3, 0.4) is 0 Å². The number of hydrogen-bond donors (Lipinski definition) is 1. The van der Waals surface area contributed by atoms with Gasteiger partial charge in [0.25, 0.3) is 0 Å². The zero-order valence-electron chi connectivity index (χ0n) is 18.8. The Bertz CT molecular complexity index is 1050. The number of hydrazone groups is 1. The Morgan fingerprint density at radius 3 is 2.36 bits per heavy atom. The standard InChI is InChI=1S/C27H30N4O2/c32-27(20-23-13-17-29-31(23)26-8-4-5-16-28-26)14-18-30(19-15-27)21-22-9-11-25(12-10-22)33-24-6-2-1-3-7-24/h1-12,16-17,23,32H,13-15,18-21H2. The Balaban J connectivity index is 1.12. The molecular formula is C27H30N4O2. The topological polar surface area (TPSA) is 61.2 Å². The lowest BCUT2D eigenvalue weighted by atomic mass is 9.84. The van der Waals surface area contributed by atoms with E-state index in [-0.39, 0.29) is 6.04 Å². The molecule has 170 valence electrons. The summed E-state index contributed by atoms with van der Waals surface area (Å²) >= 11 is 0. The van der Waals surface area contributed by atoms with Crippen molar-refractivity contribution in [1.29, 1.82) is 0 Å². The highest BCUT2D eigenvalue weighted by molar-refractivity contribution is 5.65. The molecule has 0 saturated carbocycles. The lowest BCUT2D eigenvalue weighted by Crippen LogP contribution is -2.47. The fourth-order valence-corrected chi connectivity index (χ4v) is 4.67. The zero-order valence-corrected chi connectivity index (χ0v) is 18.8. The maximum Gasteiger partial charge on any atom is 0.148 e. The molecule has 1 fully saturated rings. The average Bonchev–Trinajstić information content (AvgIpc) is 3.31. The molecule has 1 aromatic heterocycles. The average molecular weight is 443 g/mol. The molecule has 2 aliphatic heterocycles. The van der Waals surface area contributed by atoms with E-state index in [1.165, 1.54) is 5.56 Å². The van der Waals surface area contributed by atoms with E-state index in [0.29, 0.717) is 6.42 Å². The quantitative estimate of drug-likeness (QED) is 0.566. The third-order valence-corrected chi connectivity index (χ3v) is 6.52. The number of ether oxygens (including phenoxy) is 1. The molecule has 0 bridgehead atoms. The van der Waals surface area contributed by atoms with E-state index in [9.17, 15) is 5.11 Å². The van der Waals surface area contributed by atoms with Crippen molar-refractivity contribution in [2.24, 2.45) is 5.10 Å². The monoisotopic (exact) mass is 442 g/mol. The molecule has 33 heavy (non-hydrogen) atoms. The van der Waals surface area contributed by atoms with Crippen LogP contribution in [0.25, 0.3) is 0 Å². The second-order valence-corrected chi connectivity index (χ2v) is 8.98. The number of nitrogens with zero attached hydrogens (tertiary/aromatic N) is 4. The van der Waals surface area contributed by atoms with Crippen molar-refractivity contribution >= 4 is 12.0 Å². The maximum atomic E-state index is 11.3. The normalized spacial score (nSPS) is 20.2. The van der Waals surface area contributed by atoms with Gasteiger partial charge in [-0.05, 0) is 61.2 Å². The van der Waals surface area contributed by atoms with Gasteiger partial charge in [-0.2, -0.15) is 5.10 Å². The molecule has 1 atom stereocenters. The summed E-state index contributed by atoms with van der Waals surface area (Å²) in [6.07, 6.45) is 6.82. The van der Waals surface area contributed by atoms with Gasteiger partial charge in [-0.3, -0.25) is 4.90 Å². The Kier molecular flexibility index (Phi) is 6.37. The summed E-state index contributed by atoms with van der Waals surface area (Å²) < 4.78 is 5.89. The van der Waals surface area contributed by atoms with Crippen molar-refractivity contribution in [2.45, 2.75) is 43.9 Å². The molecule has 3 aromatic rings. The first-order valence-corrected chi connectivity index (χ1v) is 11.7. The Hall–Kier alpha value is -3.22. The first-order chi connectivity index (χ1) is 16.2. The summed E-state index contributed by atoms with van der Waals surface area (Å²) in [4.78, 5) is 6.85. The van der Waals surface area contributed by atoms with Gasteiger partial charge in [0, 0.05) is 38.5 Å². The minimum Gasteiger partial charge on any atom is -0.457 e. The summed E-state index contributed by atoms with van der Waals surface area (Å²) in [5.74, 6) is 2.53. The molecule has 1 saturated heterocycles. The van der Waals surface area contributed by atoms with Crippen molar-refractivity contribution in [3.05, 3.63) is 84.6 Å². The van der Waals surface area contributed by atoms with Gasteiger partial charge >= 0.3 is 0 Å². The summed E-state index contributed by atoms with van der Waals surface area (Å²) in [6.45, 7) is 2.65. The van der Waals surface area contributed by atoms with Crippen molar-refractivity contribution in [1.82, 2.24) is 9.88 Å². The molecule has 0 radical (unpaired) electrons. The zero-order chi connectivity index (χ0) is 22.5. The van der Waals surface area contributed by atoms with Crippen molar-refractivity contribution in [3.63, 3.8) is 0 Å². The minimum atomic E-state index is -0.657. The summed E-state index contributed by atoms with van der Waals surface area (Å²) in [5.41, 5.74) is 0.598. The highest BCUT2D eigenvalue weighted by atomic mass is 16.5. The van der Waals surface area contributed by atoms with Gasteiger partial charge in [-0.25, -0.2) is 9.99 Å². The lowest BCUT2D eigenvalue weighted by molar-refractivity contribution is -0.0334. The van der Waals surface area contributed by atoms with Crippen LogP contribution < -0.4 is 9.75 Å². The Labute approximate surface area is 195 Å². The van der Waals surface area contributed by atoms with Gasteiger partial charge in [-0.1, -0.05) is 36.4 Å². The van der Waals surface area contributed by atoms with Crippen LogP contribution in [-0.4, -0.2) is 45.9 Å². The van der Waals surface area contributed by atoms with Gasteiger partial charge < -0.3 is 9.84 Å². The molecule has 0 spiro atoms. The largest absolute Gasteiger partial charge is 0.457 e. The molecular weight excluding hydrogens is 412 g/mol. The highest BCUT2D eigenvalue weighted by Gasteiger charge is 2.37. The molecule has 0 amide bonds. The van der Waals surface area contributed by atoms with Gasteiger partial charge in [0.1, 0.15) is 17.3 Å². The third kappa shape index (κ3) is 5.41. The molecule has 6 nitrogen and oxygen atoms in total. The smallest absolute Gasteiger partial charge is 0.148 e. The molecule has 0 aliphatic carbocycles. The Morgan fingerprint density at radius 1 is 0.909 bits per heavy atom. The number of aliphatic hydroxyl groups is 1. The van der Waals surface area contributed by atoms with Crippen LogP contribution >= 0.6 is 0 Å². The number of rotatable bonds is 7. The van der Waals surface area contributed by atoms with E-state index < -0.39 is 5.60 Å². The molecule has 1 unspecified atom stereocenters. The number of likely N-dealkylation sites (tertiary alicyclic amines) is 1. The van der Waals surface area contributed by atoms with Crippen LogP contribution in [-0.2, 0) is 6.54 Å². The predicted octanol–water partition coefficient (Wildman–Crippen LogP) is 4.86. The fourth-order valence-electron chi connectivity index (χ4n) is 4.67. The molecule has 2 aliphatic rings. The molecule has 6 heteroatoms. The number of hydrogen-bond acceptors (Lipinski definition) is 6. The van der Waals surface area contributed by atoms with E-state index >= 15 is 0 Å². The van der Waals surface area contributed by atoms with Crippen LogP contribution in [0.4, 0.5) is 5.82 Å². The van der Waals surface area contributed by atoms with Crippen molar-refractivity contribution in [2.75, 3.05) is 18.1 Å². The van der Waals surface area contributed by atoms with Gasteiger partial charge in [0.2, 0.25) is 0 Å². The highest BCUT2D eigenvalue weighted by Crippen LogP contribution is 2.33. The first kappa shape index (κ1) is 21.6. The van der Waals surface area contributed by atoms with Crippen LogP contribution in [0.2, 0.25) is 0 Å². The SMILES string of the molecule is OC1(CC2CC=NN2c2ccccn2)CCN(Cc2ccc(Oc3ccccc3)cc2)CC1. The van der Waals surface area contributed by atoms with Crippen molar-refractivity contribution < 1.29 is 9.84 Å². The first-order valence-electron chi connectivity index (χ1n) is 11.7. The number of piperidine rings is 1. The molecule has 5 rings (SSSR count). The lowest BCUT2D eigenvalue weighted by Gasteiger charge is -2.40. The van der Waals surface area contributed by atoms with E-state index in [0.717, 1.165) is 56.2 Å². The van der Waals surface area contributed by atoms with Gasteiger partial charge in [-0.15, -0.1) is 0 Å². The van der Waals surface area contributed by atoms with Crippen molar-refractivity contribution in [3.8, 4) is 11.5 Å². The number of benzene rings is 2. The van der Waals surface area contributed by atoms with E-state index in [4.69, 9.17) is 4.74 Å². The van der Waals surface area contributed by atoms with Gasteiger partial charge in [0.15, 0.2) is 0 Å². The Morgan fingerprint density at radius 2 is 1.64 bits per heavy atom. The summed E-state index contributed by atoms with van der Waals surface area (Å²) in [7, 11) is 0. The number of pyridine rings is 1. The number of anilines is 1. The summed E-state index contributed by atoms with van der Waals surface area (Å²) in [5, 5.41) is 17.8. The molecule has 3 heterocycles. The van der Waals surface area contributed by atoms with E-state index in [1.807, 2.05) is 71.9 Å². The molecule has 2 aromatic carbocycles. The minimum absolute atomic E-state index is 0.161. The summed E-state index contributed by atoms with van der Waals surface area (Å²) in [6, 6.07) is 24.1. The van der Waals surface area contributed by atoms with Crippen LogP contribution in [0.1, 0.15) is 31.2 Å². The maximum absolute atomic E-state index is 11.3. The second-order valence-electron chi connectivity index (χ2n) is 8.98.